The van der Waals surface area contributed by atoms with Crippen molar-refractivity contribution in [3.05, 3.63) is 62.6 Å². The highest BCUT2D eigenvalue weighted by Crippen LogP contribution is 2.69. The molecular formula is C23H22Cl2N4O4. The first kappa shape index (κ1) is 23.2. The van der Waals surface area contributed by atoms with E-state index in [0.717, 1.165) is 0 Å². The monoisotopic (exact) mass is 488 g/mol. The second-order valence-corrected chi connectivity index (χ2v) is 10.1. The zero-order valence-electron chi connectivity index (χ0n) is 18.2. The van der Waals surface area contributed by atoms with Crippen LogP contribution in [0.5, 0.6) is 0 Å². The zero-order valence-corrected chi connectivity index (χ0v) is 19.8. The minimum Gasteiger partial charge on any atom is -0.325 e. The highest BCUT2D eigenvalue weighted by Gasteiger charge is 2.76. The van der Waals surface area contributed by atoms with Gasteiger partial charge in [-0.25, -0.2) is 0 Å². The number of anilines is 2. The van der Waals surface area contributed by atoms with Crippen molar-refractivity contribution in [2.45, 2.75) is 33.6 Å². The van der Waals surface area contributed by atoms with Crippen molar-refractivity contribution < 1.29 is 14.5 Å². The fourth-order valence-corrected chi connectivity index (χ4v) is 5.64. The van der Waals surface area contributed by atoms with Gasteiger partial charge in [0.1, 0.15) is 11.1 Å². The van der Waals surface area contributed by atoms with Crippen LogP contribution in [0.1, 0.15) is 33.6 Å². The fraction of sp³-hybridized carbons (Fsp3) is 0.348. The van der Waals surface area contributed by atoms with E-state index < -0.39 is 27.1 Å². The molecule has 2 aliphatic rings. The summed E-state index contributed by atoms with van der Waals surface area (Å²) in [5, 5.41) is 18.8. The van der Waals surface area contributed by atoms with E-state index in [1.54, 1.807) is 18.2 Å². The molecule has 2 bridgehead atoms. The first-order valence-corrected chi connectivity index (χ1v) is 11.1. The molecule has 10 heteroatoms. The molecule has 4 rings (SSSR count). The Morgan fingerprint density at radius 1 is 1.03 bits per heavy atom. The van der Waals surface area contributed by atoms with Gasteiger partial charge < -0.3 is 5.32 Å². The number of nitrogens with zero attached hydrogens (tertiary/aromatic N) is 2. The summed E-state index contributed by atoms with van der Waals surface area (Å²) in [6.45, 7) is 5.77. The Labute approximate surface area is 200 Å². The third-order valence-corrected chi connectivity index (χ3v) is 7.89. The molecule has 33 heavy (non-hydrogen) atoms. The van der Waals surface area contributed by atoms with Crippen LogP contribution in [-0.4, -0.2) is 22.3 Å². The van der Waals surface area contributed by atoms with E-state index in [1.807, 2.05) is 20.8 Å². The van der Waals surface area contributed by atoms with Gasteiger partial charge in [0.15, 0.2) is 5.78 Å². The standard InChI is InChI=1S/C23H22Cl2N4O4/c1-21(2)22(3)8-9-23(21,20(31)26-16-11-13(24)10-14(25)12-16)19(30)18(22)28-27-15-4-6-17(7-5-15)29(32)33/h4-7,10-12,27H,8-9H2,1-3H3,(H,26,31). The average molecular weight is 489 g/mol. The Kier molecular flexibility index (Phi) is 5.49. The van der Waals surface area contributed by atoms with Gasteiger partial charge in [0.2, 0.25) is 5.91 Å². The lowest BCUT2D eigenvalue weighted by Gasteiger charge is -2.37. The molecule has 8 nitrogen and oxygen atoms in total. The van der Waals surface area contributed by atoms with Gasteiger partial charge in [0.05, 0.1) is 10.6 Å². The highest BCUT2D eigenvalue weighted by molar-refractivity contribution is 6.51. The van der Waals surface area contributed by atoms with Crippen molar-refractivity contribution in [2.75, 3.05) is 10.7 Å². The summed E-state index contributed by atoms with van der Waals surface area (Å²) in [6, 6.07) is 10.4. The summed E-state index contributed by atoms with van der Waals surface area (Å²) in [5.74, 6) is -0.749. The average Bonchev–Trinajstić information content (AvgIpc) is 3.01. The smallest absolute Gasteiger partial charge is 0.269 e. The molecule has 172 valence electrons. The Morgan fingerprint density at radius 2 is 1.64 bits per heavy atom. The minimum absolute atomic E-state index is 0.0472. The topological polar surface area (TPSA) is 114 Å². The number of hydrogen-bond donors (Lipinski definition) is 2. The Hall–Kier alpha value is -2.97. The molecule has 0 spiro atoms. The van der Waals surface area contributed by atoms with Gasteiger partial charge in [-0.15, -0.1) is 0 Å². The molecule has 0 heterocycles. The number of rotatable bonds is 5. The maximum absolute atomic E-state index is 13.7. The molecule has 0 radical (unpaired) electrons. The molecule has 2 atom stereocenters. The third-order valence-electron chi connectivity index (χ3n) is 7.45. The molecule has 2 N–H and O–H groups in total. The molecule has 0 aliphatic heterocycles. The number of nitro groups is 1. The first-order valence-electron chi connectivity index (χ1n) is 10.3. The van der Waals surface area contributed by atoms with Crippen LogP contribution in [0.25, 0.3) is 0 Å². The number of halogens is 2. The number of Topliss-reactive ketones (excluding diaryl/α,β-unsaturated/α-hetero) is 1. The second-order valence-electron chi connectivity index (χ2n) is 9.18. The van der Waals surface area contributed by atoms with E-state index in [1.165, 1.54) is 24.3 Å². The fourth-order valence-electron chi connectivity index (χ4n) is 5.11. The van der Waals surface area contributed by atoms with Gasteiger partial charge in [0.25, 0.3) is 5.69 Å². The van der Waals surface area contributed by atoms with Crippen LogP contribution in [0.2, 0.25) is 10.0 Å². The number of benzene rings is 2. The van der Waals surface area contributed by atoms with Crippen molar-refractivity contribution in [1.29, 1.82) is 0 Å². The number of non-ortho nitro benzene ring substituents is 1. The molecule has 2 fully saturated rings. The maximum atomic E-state index is 13.7. The quantitative estimate of drug-likeness (QED) is 0.318. The van der Waals surface area contributed by atoms with Gasteiger partial charge in [-0.05, 0) is 48.6 Å². The lowest BCUT2D eigenvalue weighted by molar-refractivity contribution is -0.384. The predicted molar refractivity (Wildman–Crippen MR) is 128 cm³/mol. The molecule has 2 aromatic carbocycles. The van der Waals surface area contributed by atoms with Crippen LogP contribution in [0.4, 0.5) is 17.1 Å². The molecule has 2 aromatic rings. The van der Waals surface area contributed by atoms with E-state index >= 15 is 0 Å². The summed E-state index contributed by atoms with van der Waals surface area (Å²) in [7, 11) is 0. The summed E-state index contributed by atoms with van der Waals surface area (Å²) in [4.78, 5) is 37.6. The van der Waals surface area contributed by atoms with Gasteiger partial charge in [0, 0.05) is 33.3 Å². The third kappa shape index (κ3) is 3.40. The van der Waals surface area contributed by atoms with Crippen molar-refractivity contribution >= 4 is 57.7 Å². The maximum Gasteiger partial charge on any atom is 0.269 e. The zero-order chi connectivity index (χ0) is 24.2. The van der Waals surface area contributed by atoms with Crippen molar-refractivity contribution in [3.8, 4) is 0 Å². The lowest BCUT2D eigenvalue weighted by atomic mass is 9.64. The van der Waals surface area contributed by atoms with Crippen molar-refractivity contribution in [2.24, 2.45) is 21.3 Å². The molecular weight excluding hydrogens is 467 g/mol. The second kappa shape index (κ2) is 7.81. The summed E-state index contributed by atoms with van der Waals surface area (Å²) < 4.78 is 0. The molecule has 0 saturated heterocycles. The summed E-state index contributed by atoms with van der Waals surface area (Å²) in [5.41, 5.74) is 1.34. The predicted octanol–water partition coefficient (Wildman–Crippen LogP) is 5.70. The molecule has 2 unspecified atom stereocenters. The van der Waals surface area contributed by atoms with E-state index in [4.69, 9.17) is 23.2 Å². The number of carbonyl (C=O) groups is 2. The molecule has 0 aromatic heterocycles. The SMILES string of the molecule is CC12CCC(C(=O)Nc3cc(Cl)cc(Cl)c3)(C(=O)C1=NNc1ccc([N+](=O)[O-])cc1)C2(C)C. The van der Waals surface area contributed by atoms with E-state index in [2.05, 4.69) is 15.8 Å². The Bertz CT molecular complexity index is 1190. The number of nitro benzene ring substituents is 1. The van der Waals surface area contributed by atoms with Crippen LogP contribution in [0, 0.1) is 26.4 Å². The number of ketones is 1. The van der Waals surface area contributed by atoms with Crippen LogP contribution in [-0.2, 0) is 9.59 Å². The lowest BCUT2D eigenvalue weighted by Crippen LogP contribution is -2.47. The number of carbonyl (C=O) groups excluding carboxylic acids is 2. The van der Waals surface area contributed by atoms with Crippen LogP contribution < -0.4 is 10.7 Å². The van der Waals surface area contributed by atoms with Crippen LogP contribution >= 0.6 is 23.2 Å². The minimum atomic E-state index is -1.30. The van der Waals surface area contributed by atoms with E-state index in [9.17, 15) is 19.7 Å². The number of hydrogen-bond acceptors (Lipinski definition) is 6. The Balaban J connectivity index is 1.66. The van der Waals surface area contributed by atoms with Crippen molar-refractivity contribution in [1.82, 2.24) is 0 Å². The number of nitrogens with one attached hydrogen (secondary N) is 2. The molecule has 2 saturated carbocycles. The van der Waals surface area contributed by atoms with Crippen LogP contribution in [0.15, 0.2) is 47.6 Å². The van der Waals surface area contributed by atoms with Gasteiger partial charge in [-0.2, -0.15) is 5.10 Å². The molecule has 2 aliphatic carbocycles. The number of fused-ring (bicyclic) bond motifs is 2. The normalized spacial score (nSPS) is 26.5. The van der Waals surface area contributed by atoms with E-state index in [-0.39, 0.29) is 17.2 Å². The summed E-state index contributed by atoms with van der Waals surface area (Å²) >= 11 is 12.1. The number of amides is 1. The van der Waals surface area contributed by atoms with Crippen molar-refractivity contribution in [3.63, 3.8) is 0 Å². The Morgan fingerprint density at radius 3 is 2.21 bits per heavy atom. The van der Waals surface area contributed by atoms with E-state index in [0.29, 0.717) is 34.3 Å². The van der Waals surface area contributed by atoms with Gasteiger partial charge in [-0.3, -0.25) is 25.1 Å². The first-order chi connectivity index (χ1) is 15.4. The van der Waals surface area contributed by atoms with Crippen LogP contribution in [0.3, 0.4) is 0 Å². The highest BCUT2D eigenvalue weighted by atomic mass is 35.5. The van der Waals surface area contributed by atoms with Gasteiger partial charge in [-0.1, -0.05) is 44.0 Å². The summed E-state index contributed by atoms with van der Waals surface area (Å²) in [6.07, 6.45) is 1.00. The molecule has 1 amide bonds. The number of hydrazone groups is 1. The van der Waals surface area contributed by atoms with Gasteiger partial charge >= 0.3 is 0 Å². The largest absolute Gasteiger partial charge is 0.325 e.